The molecule has 0 radical (unpaired) electrons. The van der Waals surface area contributed by atoms with Crippen molar-refractivity contribution in [3.63, 3.8) is 0 Å². The molecule has 0 N–H and O–H groups in total. The molecule has 0 amide bonds. The largest absolute Gasteiger partial charge is 0.309 e. The normalized spacial score (nSPS) is 13.7. The van der Waals surface area contributed by atoms with E-state index in [1.165, 1.54) is 203 Å². The molecule has 0 atom stereocenters. The average Bonchev–Trinajstić information content (AvgIpc) is 1.48. The van der Waals surface area contributed by atoms with Crippen LogP contribution in [0.25, 0.3) is 204 Å². The molecule has 26 rings (SSSR count). The van der Waals surface area contributed by atoms with E-state index in [2.05, 4.69) is 556 Å². The van der Waals surface area contributed by atoms with Crippen molar-refractivity contribution in [2.45, 2.75) is 215 Å². The minimum atomic E-state index is -0.844. The second-order valence-corrected chi connectivity index (χ2v) is 51.2. The van der Waals surface area contributed by atoms with E-state index in [-0.39, 0.29) is 43.3 Å². The van der Waals surface area contributed by atoms with Gasteiger partial charge in [-0.2, -0.15) is 0 Å². The van der Waals surface area contributed by atoms with Crippen LogP contribution < -0.4 is 0 Å². The standard InChI is InChI=1S/C141H131N7/c1-133(2,3)85-39-56-121-105(69-85)106-70-86(134(4,5)6)40-57-122(106)145(121)97-50-65-129-113(80-97)114-81-98(146-123-58-41-87(135(7,8)9)71-107(123)108-72-88(136(10,11)12)42-59-124(108)146)51-66-130(114)143(129)95-48-54-117-102(78-95)103-79-96(49-55-118(103)141(117,84-33-27-25-28-34-84)93-47-64-120-104(77-93)101-37-31-32-38-119(101)142(120)94-35-29-26-30-36-94)144-131-67-52-99(147-125-60-43-89(137(13,14)15)73-109(125)110-74-90(138(16,17)18)44-61-126(110)147)82-115(131)116-83-100(53-68-132(116)144)148-127-62-45-91(139(19,20)21)75-111(127)112-76-92(140(22,23)24)46-63-128(112)148/h25-83H,1-24H3. The van der Waals surface area contributed by atoms with Crippen LogP contribution >= 0.6 is 0 Å². The lowest BCUT2D eigenvalue weighted by atomic mass is 9.67. The Morgan fingerprint density at radius 3 is 0.581 bits per heavy atom. The zero-order valence-corrected chi connectivity index (χ0v) is 90.2. The summed E-state index contributed by atoms with van der Waals surface area (Å²) in [6.45, 7) is 56.1. The lowest BCUT2D eigenvalue weighted by Gasteiger charge is -2.34. The number of rotatable bonds is 9. The third-order valence-corrected chi connectivity index (χ3v) is 33.4. The van der Waals surface area contributed by atoms with Crippen LogP contribution in [0.5, 0.6) is 0 Å². The zero-order valence-electron chi connectivity index (χ0n) is 90.2. The van der Waals surface area contributed by atoms with Crippen molar-refractivity contribution in [3.05, 3.63) is 425 Å². The number of hydrogen-bond donors (Lipinski definition) is 0. The van der Waals surface area contributed by atoms with Crippen LogP contribution in [0.3, 0.4) is 0 Å². The van der Waals surface area contributed by atoms with E-state index < -0.39 is 5.41 Å². The fourth-order valence-corrected chi connectivity index (χ4v) is 25.2. The second-order valence-electron chi connectivity index (χ2n) is 51.2. The predicted octanol–water partition coefficient (Wildman–Crippen LogP) is 38.1. The molecule has 730 valence electrons. The van der Waals surface area contributed by atoms with Gasteiger partial charge in [0.1, 0.15) is 0 Å². The Morgan fingerprint density at radius 1 is 0.135 bits per heavy atom. The summed E-state index contributed by atoms with van der Waals surface area (Å²) in [6.07, 6.45) is 0. The number of nitrogens with zero attached hydrogens (tertiary/aromatic N) is 7. The molecule has 7 heterocycles. The highest BCUT2D eigenvalue weighted by molar-refractivity contribution is 6.19. The van der Waals surface area contributed by atoms with Crippen molar-refractivity contribution in [1.29, 1.82) is 0 Å². The Bertz CT molecular complexity index is 8790. The number of benzene rings is 18. The van der Waals surface area contributed by atoms with Gasteiger partial charge < -0.3 is 32.0 Å². The summed E-state index contributed by atoms with van der Waals surface area (Å²) in [7, 11) is 0. The summed E-state index contributed by atoms with van der Waals surface area (Å²) in [5.74, 6) is 0. The molecule has 18 aromatic carbocycles. The number of hydrogen-bond acceptors (Lipinski definition) is 0. The molecule has 7 heteroatoms. The smallest absolute Gasteiger partial charge is 0.0713 e. The third kappa shape index (κ3) is 14.1. The van der Waals surface area contributed by atoms with Crippen molar-refractivity contribution in [2.75, 3.05) is 0 Å². The van der Waals surface area contributed by atoms with Crippen LogP contribution in [0.1, 0.15) is 233 Å². The first kappa shape index (κ1) is 92.4. The molecule has 7 nitrogen and oxygen atoms in total. The van der Waals surface area contributed by atoms with E-state index in [4.69, 9.17) is 0 Å². The summed E-state index contributed by atoms with van der Waals surface area (Å²) < 4.78 is 17.8. The minimum absolute atomic E-state index is 0.0615. The molecule has 0 saturated heterocycles. The predicted molar refractivity (Wildman–Crippen MR) is 634 cm³/mol. The summed E-state index contributed by atoms with van der Waals surface area (Å²) in [5, 5.41) is 17.2. The van der Waals surface area contributed by atoms with E-state index in [9.17, 15) is 0 Å². The van der Waals surface area contributed by atoms with Crippen LogP contribution in [0.15, 0.2) is 358 Å². The van der Waals surface area contributed by atoms with Crippen LogP contribution in [-0.4, -0.2) is 32.0 Å². The number of fused-ring (bicyclic) bond motifs is 24. The van der Waals surface area contributed by atoms with Gasteiger partial charge in [-0.15, -0.1) is 0 Å². The highest BCUT2D eigenvalue weighted by atomic mass is 15.0. The van der Waals surface area contributed by atoms with Gasteiger partial charge in [-0.1, -0.05) is 300 Å². The van der Waals surface area contributed by atoms with Gasteiger partial charge in [0, 0.05) is 115 Å². The van der Waals surface area contributed by atoms with Gasteiger partial charge in [0.25, 0.3) is 0 Å². The highest BCUT2D eigenvalue weighted by Crippen LogP contribution is 2.60. The quantitative estimate of drug-likeness (QED) is 0.138. The van der Waals surface area contributed by atoms with Gasteiger partial charge in [0.2, 0.25) is 0 Å². The summed E-state index contributed by atoms with van der Waals surface area (Å²) in [4.78, 5) is 0. The molecule has 1 aliphatic rings. The van der Waals surface area contributed by atoms with Crippen LogP contribution in [0.4, 0.5) is 0 Å². The molecule has 0 spiro atoms. The second kappa shape index (κ2) is 31.8. The van der Waals surface area contributed by atoms with Crippen molar-refractivity contribution >= 4 is 153 Å². The fraction of sp³-hybridized carbons (Fsp3) is 0.234. The third-order valence-electron chi connectivity index (χ3n) is 33.4. The lowest BCUT2D eigenvalue weighted by Crippen LogP contribution is -2.28. The van der Waals surface area contributed by atoms with E-state index in [0.29, 0.717) is 0 Å². The SMILES string of the molecule is CC(C)(C)c1ccc2c(c1)c1cc(C(C)(C)C)ccc1n2-c1ccc2c(c1)c1cc(-n3c4ccc(C(C)(C)C)cc4c4cc(C(C)(C)C)ccc43)ccc1n2-c1ccc2c(c1)-c1cc(-n3c4ccc(-n5c6ccc(C(C)(C)C)cc6c6cc(C(C)(C)C)ccc65)cc4c4cc(-n5c6ccc(C(C)(C)C)cc6c6cc(C(C)(C)C)ccc65)ccc43)ccc1C2(c1ccccc1)c1ccc2c(c1)c1ccccc1n2-c1ccccc1. The van der Waals surface area contributed by atoms with Crippen molar-refractivity contribution in [3.8, 4) is 50.9 Å². The maximum absolute atomic E-state index is 2.60. The Kier molecular flexibility index (Phi) is 19.9. The molecule has 25 aromatic rings. The van der Waals surface area contributed by atoms with E-state index in [0.717, 1.165) is 67.4 Å². The molecule has 7 aromatic heterocycles. The lowest BCUT2D eigenvalue weighted by molar-refractivity contribution is 0.590. The Labute approximate surface area is 869 Å². The van der Waals surface area contributed by atoms with Crippen LogP contribution in [-0.2, 0) is 48.7 Å². The Morgan fingerprint density at radius 2 is 0.324 bits per heavy atom. The number of para-hydroxylation sites is 2. The molecule has 0 saturated carbocycles. The fourth-order valence-electron chi connectivity index (χ4n) is 25.2. The molecule has 0 fully saturated rings. The zero-order chi connectivity index (χ0) is 103. The van der Waals surface area contributed by atoms with Crippen molar-refractivity contribution in [2.24, 2.45) is 0 Å². The van der Waals surface area contributed by atoms with Gasteiger partial charge in [-0.3, -0.25) is 0 Å². The van der Waals surface area contributed by atoms with E-state index in [1.807, 2.05) is 0 Å². The molecule has 1 aliphatic carbocycles. The molecular formula is C141H131N7. The van der Waals surface area contributed by atoms with E-state index >= 15 is 0 Å². The monoisotopic (exact) mass is 1920 g/mol. The van der Waals surface area contributed by atoms with E-state index in [1.54, 1.807) is 0 Å². The Hall–Kier alpha value is -15.4. The van der Waals surface area contributed by atoms with Crippen LogP contribution in [0.2, 0.25) is 0 Å². The first-order valence-electron chi connectivity index (χ1n) is 53.4. The van der Waals surface area contributed by atoms with Gasteiger partial charge >= 0.3 is 0 Å². The first-order valence-corrected chi connectivity index (χ1v) is 53.4. The van der Waals surface area contributed by atoms with Gasteiger partial charge in [-0.05, 0) is 346 Å². The summed E-state index contributed by atoms with van der Waals surface area (Å²) in [6, 6.07) is 141. The molecular weight excluding hydrogens is 1790 g/mol. The summed E-state index contributed by atoms with van der Waals surface area (Å²) in [5.41, 5.74) is 40.5. The molecule has 0 bridgehead atoms. The van der Waals surface area contributed by atoms with Gasteiger partial charge in [0.15, 0.2) is 0 Å². The Balaban J connectivity index is 0.752. The van der Waals surface area contributed by atoms with Crippen molar-refractivity contribution in [1.82, 2.24) is 32.0 Å². The van der Waals surface area contributed by atoms with Gasteiger partial charge in [-0.25, -0.2) is 0 Å². The highest BCUT2D eigenvalue weighted by Gasteiger charge is 2.48. The molecule has 148 heavy (non-hydrogen) atoms. The number of aromatic nitrogens is 7. The van der Waals surface area contributed by atoms with Crippen molar-refractivity contribution < 1.29 is 0 Å². The molecule has 0 unspecified atom stereocenters. The maximum atomic E-state index is 2.60. The van der Waals surface area contributed by atoms with Crippen LogP contribution in [0, 0.1) is 0 Å². The van der Waals surface area contributed by atoms with Gasteiger partial charge in [0.05, 0.1) is 82.6 Å². The first-order chi connectivity index (χ1) is 70.4. The topological polar surface area (TPSA) is 34.5 Å². The molecule has 0 aliphatic heterocycles. The minimum Gasteiger partial charge on any atom is -0.309 e. The maximum Gasteiger partial charge on any atom is 0.0713 e. The summed E-state index contributed by atoms with van der Waals surface area (Å²) >= 11 is 0. The average molecular weight is 1920 g/mol.